The minimum Gasteiger partial charge on any atom is -0.326 e. The fourth-order valence-corrected chi connectivity index (χ4v) is 4.56. The molecule has 1 heterocycles. The third-order valence-corrected chi connectivity index (χ3v) is 6.68. The number of rotatable bonds is 4. The molecule has 27 heavy (non-hydrogen) atoms. The Bertz CT molecular complexity index is 953. The molecule has 1 fully saturated rings. The smallest absolute Gasteiger partial charge is 0.243 e. The minimum absolute atomic E-state index is 0.0747. The Hall–Kier alpha value is -2.69. The van der Waals surface area contributed by atoms with Gasteiger partial charge >= 0.3 is 0 Å². The van der Waals surface area contributed by atoms with E-state index in [2.05, 4.69) is 5.32 Å². The van der Waals surface area contributed by atoms with E-state index in [1.54, 1.807) is 0 Å². The average Bonchev–Trinajstić information content (AvgIpc) is 2.70. The molecule has 1 N–H and O–H groups in total. The molecular weight excluding hydrogens is 362 g/mol. The number of nitrogens with one attached hydrogen (secondary N) is 1. The number of nitrogens with zero attached hydrogens (tertiary/aromatic N) is 2. The van der Waals surface area contributed by atoms with Crippen LogP contribution in [0.2, 0.25) is 0 Å². The molecule has 0 aromatic heterocycles. The zero-order valence-electron chi connectivity index (χ0n) is 15.1. The van der Waals surface area contributed by atoms with E-state index < -0.39 is 10.0 Å². The monoisotopic (exact) mass is 383 g/mol. The number of carbonyl (C=O) groups excluding carboxylic acids is 1. The maximum atomic E-state index is 12.7. The molecule has 3 rings (SSSR count). The third-order valence-electron chi connectivity index (χ3n) is 4.77. The van der Waals surface area contributed by atoms with Crippen molar-refractivity contribution in [3.8, 4) is 6.07 Å². The fraction of sp³-hybridized carbons (Fsp3) is 0.300. The number of hydrogen-bond donors (Lipinski definition) is 1. The molecule has 0 saturated carbocycles. The van der Waals surface area contributed by atoms with Gasteiger partial charge in [-0.1, -0.05) is 17.7 Å². The van der Waals surface area contributed by atoms with Gasteiger partial charge in [-0.05, 0) is 56.2 Å². The molecule has 1 aliphatic rings. The number of piperidine rings is 1. The van der Waals surface area contributed by atoms with Crippen molar-refractivity contribution in [1.82, 2.24) is 4.31 Å². The highest BCUT2D eigenvalue weighted by Crippen LogP contribution is 2.25. The lowest BCUT2D eigenvalue weighted by molar-refractivity contribution is -0.120. The summed E-state index contributed by atoms with van der Waals surface area (Å²) in [7, 11) is -3.61. The van der Waals surface area contributed by atoms with Crippen molar-refractivity contribution in [3.63, 3.8) is 0 Å². The quantitative estimate of drug-likeness (QED) is 0.879. The standard InChI is InChI=1S/C20H21N3O3S/c1-15-2-6-18(7-3-15)22-20(24)17-10-12-23(13-11-17)27(25,26)19-8-4-16(14-21)5-9-19/h2-9,17H,10-13H2,1H3,(H,22,24). The lowest BCUT2D eigenvalue weighted by Gasteiger charge is -2.30. The molecule has 0 spiro atoms. The van der Waals surface area contributed by atoms with Crippen LogP contribution in [0.5, 0.6) is 0 Å². The Balaban J connectivity index is 1.61. The molecule has 0 aliphatic carbocycles. The van der Waals surface area contributed by atoms with Crippen LogP contribution in [0.3, 0.4) is 0 Å². The first-order valence-electron chi connectivity index (χ1n) is 8.78. The summed E-state index contributed by atoms with van der Waals surface area (Å²) in [5, 5.41) is 11.7. The van der Waals surface area contributed by atoms with Crippen LogP contribution in [0.1, 0.15) is 24.0 Å². The van der Waals surface area contributed by atoms with E-state index in [4.69, 9.17) is 5.26 Å². The van der Waals surface area contributed by atoms with Gasteiger partial charge in [-0.15, -0.1) is 0 Å². The number of nitriles is 1. The lowest BCUT2D eigenvalue weighted by Crippen LogP contribution is -2.41. The van der Waals surface area contributed by atoms with E-state index in [1.165, 1.54) is 28.6 Å². The van der Waals surface area contributed by atoms with Gasteiger partial charge in [0.25, 0.3) is 0 Å². The largest absolute Gasteiger partial charge is 0.326 e. The van der Waals surface area contributed by atoms with Crippen LogP contribution < -0.4 is 5.32 Å². The minimum atomic E-state index is -3.61. The Morgan fingerprint density at radius 2 is 1.67 bits per heavy atom. The van der Waals surface area contributed by atoms with E-state index in [1.807, 2.05) is 37.3 Å². The summed E-state index contributed by atoms with van der Waals surface area (Å²) < 4.78 is 26.9. The predicted molar refractivity (Wildman–Crippen MR) is 102 cm³/mol. The van der Waals surface area contributed by atoms with Crippen LogP contribution in [0.25, 0.3) is 0 Å². The number of amides is 1. The van der Waals surface area contributed by atoms with Crippen LogP contribution in [-0.2, 0) is 14.8 Å². The average molecular weight is 383 g/mol. The van der Waals surface area contributed by atoms with Crippen molar-refractivity contribution in [2.75, 3.05) is 18.4 Å². The maximum absolute atomic E-state index is 12.7. The van der Waals surface area contributed by atoms with Gasteiger partial charge in [-0.25, -0.2) is 8.42 Å². The summed E-state index contributed by atoms with van der Waals surface area (Å²) in [6.07, 6.45) is 0.959. The maximum Gasteiger partial charge on any atom is 0.243 e. The molecule has 1 amide bonds. The van der Waals surface area contributed by atoms with Gasteiger partial charge in [-0.3, -0.25) is 4.79 Å². The van der Waals surface area contributed by atoms with Gasteiger partial charge in [0.15, 0.2) is 0 Å². The summed E-state index contributed by atoms with van der Waals surface area (Å²) in [4.78, 5) is 12.6. The second-order valence-corrected chi connectivity index (χ2v) is 8.61. The summed E-state index contributed by atoms with van der Waals surface area (Å²) in [6, 6.07) is 15.4. The van der Waals surface area contributed by atoms with Crippen molar-refractivity contribution < 1.29 is 13.2 Å². The van der Waals surface area contributed by atoms with Crippen LogP contribution in [0.4, 0.5) is 5.69 Å². The van der Waals surface area contributed by atoms with Crippen molar-refractivity contribution in [2.24, 2.45) is 5.92 Å². The normalized spacial score (nSPS) is 15.9. The molecule has 140 valence electrons. The Morgan fingerprint density at radius 1 is 1.07 bits per heavy atom. The number of benzene rings is 2. The number of anilines is 1. The Kier molecular flexibility index (Phi) is 5.59. The molecule has 7 heteroatoms. The van der Waals surface area contributed by atoms with Gasteiger partial charge in [0, 0.05) is 24.7 Å². The van der Waals surface area contributed by atoms with Crippen LogP contribution in [0.15, 0.2) is 53.4 Å². The van der Waals surface area contributed by atoms with Crippen LogP contribution in [0, 0.1) is 24.2 Å². The molecule has 1 aliphatic heterocycles. The number of hydrogen-bond acceptors (Lipinski definition) is 4. The van der Waals surface area contributed by atoms with Gasteiger partial charge in [0.2, 0.25) is 15.9 Å². The zero-order valence-corrected chi connectivity index (χ0v) is 15.9. The summed E-state index contributed by atoms with van der Waals surface area (Å²) in [5.74, 6) is -0.284. The van der Waals surface area contributed by atoms with Crippen molar-refractivity contribution in [2.45, 2.75) is 24.7 Å². The van der Waals surface area contributed by atoms with Gasteiger partial charge in [-0.2, -0.15) is 9.57 Å². The highest BCUT2D eigenvalue weighted by molar-refractivity contribution is 7.89. The summed E-state index contributed by atoms with van der Waals surface area (Å²) in [5.41, 5.74) is 2.29. The highest BCUT2D eigenvalue weighted by atomic mass is 32.2. The Morgan fingerprint density at radius 3 is 2.22 bits per heavy atom. The van der Waals surface area contributed by atoms with E-state index in [-0.39, 0.29) is 16.7 Å². The van der Waals surface area contributed by atoms with Crippen molar-refractivity contribution in [3.05, 3.63) is 59.7 Å². The highest BCUT2D eigenvalue weighted by Gasteiger charge is 2.32. The Labute approximate surface area is 159 Å². The molecule has 6 nitrogen and oxygen atoms in total. The van der Waals surface area contributed by atoms with Gasteiger partial charge < -0.3 is 5.32 Å². The van der Waals surface area contributed by atoms with Crippen LogP contribution >= 0.6 is 0 Å². The zero-order chi connectivity index (χ0) is 19.4. The summed E-state index contributed by atoms with van der Waals surface area (Å²) >= 11 is 0. The van der Waals surface area contributed by atoms with E-state index >= 15 is 0 Å². The van der Waals surface area contributed by atoms with Crippen molar-refractivity contribution in [1.29, 1.82) is 5.26 Å². The topological polar surface area (TPSA) is 90.3 Å². The fourth-order valence-electron chi connectivity index (χ4n) is 3.09. The number of aryl methyl sites for hydroxylation is 1. The second kappa shape index (κ2) is 7.91. The van der Waals surface area contributed by atoms with Gasteiger partial charge in [0.05, 0.1) is 16.5 Å². The first kappa shape index (κ1) is 19.1. The molecule has 2 aromatic carbocycles. The molecule has 0 bridgehead atoms. The molecule has 0 unspecified atom stereocenters. The first-order valence-corrected chi connectivity index (χ1v) is 10.2. The lowest BCUT2D eigenvalue weighted by atomic mass is 9.97. The molecule has 2 aromatic rings. The second-order valence-electron chi connectivity index (χ2n) is 6.67. The van der Waals surface area contributed by atoms with Crippen LogP contribution in [-0.4, -0.2) is 31.7 Å². The molecule has 0 atom stereocenters. The number of carbonyl (C=O) groups is 1. The van der Waals surface area contributed by atoms with E-state index in [9.17, 15) is 13.2 Å². The van der Waals surface area contributed by atoms with Gasteiger partial charge in [0.1, 0.15) is 0 Å². The molecular formula is C20H21N3O3S. The first-order chi connectivity index (χ1) is 12.9. The predicted octanol–water partition coefficient (Wildman–Crippen LogP) is 2.91. The SMILES string of the molecule is Cc1ccc(NC(=O)C2CCN(S(=O)(=O)c3ccc(C#N)cc3)CC2)cc1. The molecule has 0 radical (unpaired) electrons. The summed E-state index contributed by atoms with van der Waals surface area (Å²) in [6.45, 7) is 2.58. The number of sulfonamides is 1. The third kappa shape index (κ3) is 4.35. The van der Waals surface area contributed by atoms with E-state index in [0.29, 0.717) is 31.5 Å². The van der Waals surface area contributed by atoms with Crippen molar-refractivity contribution >= 4 is 21.6 Å². The van der Waals surface area contributed by atoms with E-state index in [0.717, 1.165) is 11.3 Å². The molecule has 1 saturated heterocycles.